The number of carbonyl (C=O) groups excluding carboxylic acids is 2. The standard InChI is InChI=1S/C12H16O3SSe/c1-3-5-10(13)9-7-17-8-11(9)16-12(14)15-6-4-2/h3-4,9,11H,1-2,5-8H2. The van der Waals surface area contributed by atoms with Crippen LogP contribution in [0, 0.1) is 5.92 Å². The van der Waals surface area contributed by atoms with Crippen LogP contribution in [0.2, 0.25) is 10.6 Å². The second-order valence-corrected chi connectivity index (χ2v) is 7.04. The van der Waals surface area contributed by atoms with Crippen molar-refractivity contribution in [1.29, 1.82) is 0 Å². The molecule has 94 valence electrons. The van der Waals surface area contributed by atoms with Crippen LogP contribution in [0.3, 0.4) is 0 Å². The summed E-state index contributed by atoms with van der Waals surface area (Å²) in [5.74, 6) is 0.211. The van der Waals surface area contributed by atoms with Crippen molar-refractivity contribution < 1.29 is 14.3 Å². The Morgan fingerprint density at radius 3 is 2.76 bits per heavy atom. The van der Waals surface area contributed by atoms with E-state index in [1.807, 2.05) is 0 Å². The third-order valence-electron chi connectivity index (χ3n) is 2.35. The summed E-state index contributed by atoms with van der Waals surface area (Å²) in [5, 5.41) is 1.70. The number of carbonyl (C=O) groups is 2. The summed E-state index contributed by atoms with van der Waals surface area (Å²) >= 11 is 1.63. The van der Waals surface area contributed by atoms with Crippen molar-refractivity contribution in [3.8, 4) is 0 Å². The van der Waals surface area contributed by atoms with Gasteiger partial charge in [-0.05, 0) is 0 Å². The van der Waals surface area contributed by atoms with Crippen LogP contribution in [-0.4, -0.2) is 37.9 Å². The van der Waals surface area contributed by atoms with Crippen molar-refractivity contribution in [3.05, 3.63) is 25.3 Å². The summed E-state index contributed by atoms with van der Waals surface area (Å²) < 4.78 is 4.92. The molecule has 17 heavy (non-hydrogen) atoms. The number of Topliss-reactive ketones (excluding diaryl/α,β-unsaturated/α-hetero) is 1. The summed E-state index contributed by atoms with van der Waals surface area (Å²) in [4.78, 5) is 23.3. The molecule has 3 nitrogen and oxygen atoms in total. The van der Waals surface area contributed by atoms with Crippen molar-refractivity contribution in [2.75, 3.05) is 6.61 Å². The van der Waals surface area contributed by atoms with Crippen molar-refractivity contribution in [3.63, 3.8) is 0 Å². The molecular formula is C12H16O3SSe. The minimum atomic E-state index is -0.302. The second-order valence-electron chi connectivity index (χ2n) is 3.61. The van der Waals surface area contributed by atoms with Gasteiger partial charge in [-0.1, -0.05) is 0 Å². The van der Waals surface area contributed by atoms with Gasteiger partial charge in [0.1, 0.15) is 0 Å². The Morgan fingerprint density at radius 2 is 2.12 bits per heavy atom. The predicted octanol–water partition coefficient (Wildman–Crippen LogP) is 2.73. The molecule has 5 heteroatoms. The van der Waals surface area contributed by atoms with Crippen molar-refractivity contribution in [2.45, 2.75) is 22.3 Å². The summed E-state index contributed by atoms with van der Waals surface area (Å²) in [6, 6.07) is 0. The number of ether oxygens (including phenoxy) is 1. The number of thioether (sulfide) groups is 1. The Kier molecular flexibility index (Phi) is 6.63. The first-order chi connectivity index (χ1) is 8.19. The Morgan fingerprint density at radius 1 is 1.35 bits per heavy atom. The van der Waals surface area contributed by atoms with Gasteiger partial charge in [0.2, 0.25) is 0 Å². The molecule has 1 heterocycles. The first kappa shape index (κ1) is 14.6. The zero-order chi connectivity index (χ0) is 12.7. The number of hydrogen-bond acceptors (Lipinski definition) is 4. The first-order valence-electron chi connectivity index (χ1n) is 5.34. The molecule has 0 saturated carbocycles. The molecule has 0 N–H and O–H groups in total. The SMILES string of the molecule is C=CCOC(=O)SC1C[Se]CC1C(=O)CC=C. The van der Waals surface area contributed by atoms with Crippen LogP contribution in [0.1, 0.15) is 6.42 Å². The van der Waals surface area contributed by atoms with E-state index in [9.17, 15) is 9.59 Å². The summed E-state index contributed by atoms with van der Waals surface area (Å²) in [7, 11) is 0. The fraction of sp³-hybridized carbons (Fsp3) is 0.500. The van der Waals surface area contributed by atoms with Crippen molar-refractivity contribution >= 4 is 37.8 Å². The minimum absolute atomic E-state index is 0.00859. The van der Waals surface area contributed by atoms with E-state index in [4.69, 9.17) is 4.74 Å². The van der Waals surface area contributed by atoms with Gasteiger partial charge in [-0.15, -0.1) is 0 Å². The van der Waals surface area contributed by atoms with Gasteiger partial charge < -0.3 is 0 Å². The van der Waals surface area contributed by atoms with Gasteiger partial charge in [0.25, 0.3) is 0 Å². The normalized spacial score (nSPS) is 23.1. The molecule has 0 bridgehead atoms. The van der Waals surface area contributed by atoms with Gasteiger partial charge >= 0.3 is 112 Å². The maximum atomic E-state index is 11.8. The molecule has 0 aromatic heterocycles. The zero-order valence-corrected chi connectivity index (χ0v) is 12.1. The Hall–Kier alpha value is -0.511. The molecule has 0 spiro atoms. The summed E-state index contributed by atoms with van der Waals surface area (Å²) in [6.45, 7) is 7.29. The van der Waals surface area contributed by atoms with Gasteiger partial charge in [0, 0.05) is 0 Å². The second kappa shape index (κ2) is 7.75. The van der Waals surface area contributed by atoms with Crippen LogP contribution in [0.5, 0.6) is 0 Å². The molecule has 1 saturated heterocycles. The number of ketones is 1. The molecule has 2 atom stereocenters. The molecule has 0 radical (unpaired) electrons. The van der Waals surface area contributed by atoms with Gasteiger partial charge in [-0.2, -0.15) is 0 Å². The molecule has 0 aromatic rings. The fourth-order valence-corrected chi connectivity index (χ4v) is 6.27. The van der Waals surface area contributed by atoms with Gasteiger partial charge in [0.05, 0.1) is 0 Å². The first-order valence-corrected chi connectivity index (χ1v) is 8.65. The molecule has 1 aliphatic heterocycles. The quantitative estimate of drug-likeness (QED) is 0.429. The Balaban J connectivity index is 2.45. The molecule has 0 aromatic carbocycles. The predicted molar refractivity (Wildman–Crippen MR) is 71.6 cm³/mol. The van der Waals surface area contributed by atoms with Crippen LogP contribution in [0.4, 0.5) is 4.79 Å². The van der Waals surface area contributed by atoms with E-state index in [0.717, 1.165) is 22.4 Å². The molecule has 2 unspecified atom stereocenters. The van der Waals surface area contributed by atoms with E-state index in [2.05, 4.69) is 13.2 Å². The Bertz CT molecular complexity index is 317. The molecule has 0 amide bonds. The summed E-state index contributed by atoms with van der Waals surface area (Å²) in [5.41, 5.74) is 0. The van der Waals surface area contributed by atoms with E-state index < -0.39 is 0 Å². The third-order valence-corrected chi connectivity index (χ3v) is 6.43. The van der Waals surface area contributed by atoms with Crippen LogP contribution in [-0.2, 0) is 9.53 Å². The van der Waals surface area contributed by atoms with Gasteiger partial charge in [0.15, 0.2) is 0 Å². The van der Waals surface area contributed by atoms with E-state index in [0.29, 0.717) is 21.4 Å². The maximum absolute atomic E-state index is 11.8. The molecular weight excluding hydrogens is 303 g/mol. The molecule has 1 rings (SSSR count). The van der Waals surface area contributed by atoms with Crippen LogP contribution >= 0.6 is 11.8 Å². The van der Waals surface area contributed by atoms with Crippen molar-refractivity contribution in [2.24, 2.45) is 5.92 Å². The third kappa shape index (κ3) is 4.70. The van der Waals surface area contributed by atoms with E-state index in [-0.39, 0.29) is 28.9 Å². The van der Waals surface area contributed by atoms with Gasteiger partial charge in [-0.25, -0.2) is 0 Å². The fourth-order valence-electron chi connectivity index (χ4n) is 1.53. The molecule has 0 aliphatic carbocycles. The average Bonchev–Trinajstić information content (AvgIpc) is 2.75. The number of hydrogen-bond donors (Lipinski definition) is 0. The monoisotopic (exact) mass is 320 g/mol. The van der Waals surface area contributed by atoms with Crippen LogP contribution in [0.15, 0.2) is 25.3 Å². The Labute approximate surface area is 112 Å². The van der Waals surface area contributed by atoms with E-state index in [1.165, 1.54) is 6.08 Å². The van der Waals surface area contributed by atoms with Crippen LogP contribution in [0.25, 0.3) is 0 Å². The van der Waals surface area contributed by atoms with Gasteiger partial charge in [-0.3, -0.25) is 0 Å². The van der Waals surface area contributed by atoms with E-state index in [1.54, 1.807) is 6.08 Å². The zero-order valence-electron chi connectivity index (χ0n) is 9.59. The number of allylic oxidation sites excluding steroid dienone is 1. The molecule has 1 fully saturated rings. The summed E-state index contributed by atoms with van der Waals surface area (Å²) in [6.07, 6.45) is 3.57. The van der Waals surface area contributed by atoms with E-state index >= 15 is 0 Å². The molecule has 1 aliphatic rings. The van der Waals surface area contributed by atoms with Crippen LogP contribution < -0.4 is 0 Å². The van der Waals surface area contributed by atoms with Crippen molar-refractivity contribution in [1.82, 2.24) is 0 Å². The average molecular weight is 319 g/mol. The number of rotatable bonds is 6. The topological polar surface area (TPSA) is 43.4 Å².